The first-order valence-electron chi connectivity index (χ1n) is 15.0. The first-order valence-corrected chi connectivity index (χ1v) is 15.0. The van der Waals surface area contributed by atoms with E-state index >= 15 is 0 Å². The van der Waals surface area contributed by atoms with Crippen molar-refractivity contribution in [3.8, 4) is 17.2 Å². The van der Waals surface area contributed by atoms with Gasteiger partial charge in [-0.05, 0) is 72.9 Å². The summed E-state index contributed by atoms with van der Waals surface area (Å²) in [6, 6.07) is 29.7. The highest BCUT2D eigenvalue weighted by Crippen LogP contribution is 2.43. The summed E-state index contributed by atoms with van der Waals surface area (Å²) in [6.07, 6.45) is 1.29. The summed E-state index contributed by atoms with van der Waals surface area (Å²) in [6.45, 7) is 4.92. The van der Waals surface area contributed by atoms with Crippen LogP contribution in [0.4, 0.5) is 0 Å². The molecule has 0 radical (unpaired) electrons. The lowest BCUT2D eigenvalue weighted by molar-refractivity contribution is -0.139. The van der Waals surface area contributed by atoms with Crippen LogP contribution in [0.25, 0.3) is 5.76 Å². The molecule has 44 heavy (non-hydrogen) atoms. The zero-order valence-corrected chi connectivity index (χ0v) is 24.9. The minimum Gasteiger partial charge on any atom is -0.507 e. The van der Waals surface area contributed by atoms with Crippen LogP contribution in [0.15, 0.2) is 103 Å². The highest BCUT2D eigenvalue weighted by molar-refractivity contribution is 6.46. The van der Waals surface area contributed by atoms with E-state index in [2.05, 4.69) is 0 Å². The molecule has 2 aliphatic heterocycles. The Morgan fingerprint density at radius 2 is 1.61 bits per heavy atom. The first kappa shape index (κ1) is 29.1. The summed E-state index contributed by atoms with van der Waals surface area (Å²) in [7, 11) is 0. The molecule has 1 fully saturated rings. The highest BCUT2D eigenvalue weighted by atomic mass is 16.5. The van der Waals surface area contributed by atoms with E-state index in [0.717, 1.165) is 22.4 Å². The normalized spacial score (nSPS) is 18.6. The molecule has 2 heterocycles. The van der Waals surface area contributed by atoms with E-state index in [1.54, 1.807) is 29.2 Å². The van der Waals surface area contributed by atoms with Crippen molar-refractivity contribution in [2.75, 3.05) is 13.2 Å². The Kier molecular flexibility index (Phi) is 8.37. The van der Waals surface area contributed by atoms with Crippen molar-refractivity contribution in [2.45, 2.75) is 45.4 Å². The number of carbonyl (C=O) groups excluding carboxylic acids is 2. The van der Waals surface area contributed by atoms with Crippen LogP contribution in [0.3, 0.4) is 0 Å². The van der Waals surface area contributed by atoms with E-state index in [9.17, 15) is 14.7 Å². The number of benzene rings is 4. The van der Waals surface area contributed by atoms with E-state index in [1.807, 2.05) is 86.6 Å². The van der Waals surface area contributed by atoms with Crippen molar-refractivity contribution in [2.24, 2.45) is 0 Å². The van der Waals surface area contributed by atoms with Crippen molar-refractivity contribution in [1.82, 2.24) is 4.90 Å². The van der Waals surface area contributed by atoms with E-state index in [-0.39, 0.29) is 17.4 Å². The molecule has 6 rings (SSSR count). The molecule has 2 unspecified atom stereocenters. The second kappa shape index (κ2) is 12.7. The van der Waals surface area contributed by atoms with Crippen LogP contribution >= 0.6 is 0 Å². The summed E-state index contributed by atoms with van der Waals surface area (Å²) in [5.74, 6) is 0.245. The standard InChI is InChI=1S/C37H35NO6/c1-3-42-32-22-27(14-17-31(32)43-23-26-12-8-5-9-13-26)34-33(35(39)28-15-16-30-29(21-28)20-24(2)44-30)36(40)37(41)38(34)19-18-25-10-6-4-7-11-25/h4-17,21-22,24,34,39H,3,18-20,23H2,1-2H3. The molecule has 224 valence electrons. The maximum Gasteiger partial charge on any atom is 0.295 e. The molecular weight excluding hydrogens is 554 g/mol. The zero-order chi connectivity index (χ0) is 30.6. The molecule has 0 aromatic heterocycles. The van der Waals surface area contributed by atoms with Crippen LogP contribution in [0.2, 0.25) is 0 Å². The van der Waals surface area contributed by atoms with Gasteiger partial charge in [-0.3, -0.25) is 9.59 Å². The summed E-state index contributed by atoms with van der Waals surface area (Å²) >= 11 is 0. The molecule has 0 saturated carbocycles. The Balaban J connectivity index is 1.40. The van der Waals surface area contributed by atoms with Crippen LogP contribution in [0, 0.1) is 0 Å². The quantitative estimate of drug-likeness (QED) is 0.127. The number of rotatable bonds is 10. The van der Waals surface area contributed by atoms with Gasteiger partial charge in [0.25, 0.3) is 11.7 Å². The number of hydrogen-bond acceptors (Lipinski definition) is 6. The van der Waals surface area contributed by atoms with Gasteiger partial charge in [-0.15, -0.1) is 0 Å². The Hall–Kier alpha value is -5.04. The first-order chi connectivity index (χ1) is 21.4. The molecule has 0 spiro atoms. The predicted molar refractivity (Wildman–Crippen MR) is 168 cm³/mol. The van der Waals surface area contributed by atoms with Crippen molar-refractivity contribution in [3.63, 3.8) is 0 Å². The molecule has 1 amide bonds. The molecule has 2 aliphatic rings. The number of nitrogens with zero attached hydrogens (tertiary/aromatic N) is 1. The SMILES string of the molecule is CCOc1cc(C2C(=C(O)c3ccc4c(c3)CC(C)O4)C(=O)C(=O)N2CCc2ccccc2)ccc1OCc1ccccc1. The molecule has 7 nitrogen and oxygen atoms in total. The number of hydrogen-bond donors (Lipinski definition) is 1. The van der Waals surface area contributed by atoms with Crippen molar-refractivity contribution < 1.29 is 28.9 Å². The summed E-state index contributed by atoms with van der Waals surface area (Å²) in [5.41, 5.74) is 4.18. The number of Topliss-reactive ketones (excluding diaryl/α,β-unsaturated/α-hetero) is 1. The molecule has 1 N–H and O–H groups in total. The third-order valence-electron chi connectivity index (χ3n) is 8.01. The Morgan fingerprint density at radius 1 is 0.886 bits per heavy atom. The van der Waals surface area contributed by atoms with Crippen molar-refractivity contribution in [3.05, 3.63) is 130 Å². The summed E-state index contributed by atoms with van der Waals surface area (Å²) < 4.78 is 17.9. The number of fused-ring (bicyclic) bond motifs is 1. The van der Waals surface area contributed by atoms with E-state index < -0.39 is 17.7 Å². The fraction of sp³-hybridized carbons (Fsp3) is 0.243. The molecule has 4 aromatic rings. The molecule has 1 saturated heterocycles. The number of amides is 1. The number of carbonyl (C=O) groups is 2. The van der Waals surface area contributed by atoms with Gasteiger partial charge in [0.15, 0.2) is 11.5 Å². The van der Waals surface area contributed by atoms with Crippen LogP contribution in [-0.2, 0) is 29.0 Å². The van der Waals surface area contributed by atoms with Gasteiger partial charge in [0.2, 0.25) is 0 Å². The third kappa shape index (κ3) is 5.91. The minimum absolute atomic E-state index is 0.0329. The fourth-order valence-corrected chi connectivity index (χ4v) is 5.89. The maximum atomic E-state index is 13.7. The third-order valence-corrected chi connectivity index (χ3v) is 8.01. The Bertz CT molecular complexity index is 1700. The zero-order valence-electron chi connectivity index (χ0n) is 24.9. The molecule has 4 aromatic carbocycles. The fourth-order valence-electron chi connectivity index (χ4n) is 5.89. The molecule has 2 atom stereocenters. The lowest BCUT2D eigenvalue weighted by Gasteiger charge is -2.26. The monoisotopic (exact) mass is 589 g/mol. The Morgan fingerprint density at radius 3 is 2.34 bits per heavy atom. The summed E-state index contributed by atoms with van der Waals surface area (Å²) in [4.78, 5) is 28.8. The van der Waals surface area contributed by atoms with Gasteiger partial charge in [-0.2, -0.15) is 0 Å². The molecule has 0 aliphatic carbocycles. The summed E-state index contributed by atoms with van der Waals surface area (Å²) in [5, 5.41) is 11.7. The van der Waals surface area contributed by atoms with Crippen LogP contribution in [-0.4, -0.2) is 41.0 Å². The number of likely N-dealkylation sites (tertiary alicyclic amines) is 1. The smallest absolute Gasteiger partial charge is 0.295 e. The number of aliphatic hydroxyl groups excluding tert-OH is 1. The van der Waals surface area contributed by atoms with Gasteiger partial charge >= 0.3 is 0 Å². The predicted octanol–water partition coefficient (Wildman–Crippen LogP) is 6.65. The lowest BCUT2D eigenvalue weighted by atomic mass is 9.94. The van der Waals surface area contributed by atoms with Gasteiger partial charge in [0.05, 0.1) is 18.2 Å². The van der Waals surface area contributed by atoms with Crippen LogP contribution < -0.4 is 14.2 Å². The Labute approximate surface area is 257 Å². The number of ether oxygens (including phenoxy) is 3. The van der Waals surface area contributed by atoms with E-state index in [4.69, 9.17) is 14.2 Å². The number of aliphatic hydroxyl groups is 1. The van der Waals surface area contributed by atoms with E-state index in [0.29, 0.717) is 55.2 Å². The van der Waals surface area contributed by atoms with Gasteiger partial charge < -0.3 is 24.2 Å². The second-order valence-electron chi connectivity index (χ2n) is 11.1. The number of ketones is 1. The van der Waals surface area contributed by atoms with Gasteiger partial charge in [0, 0.05) is 18.5 Å². The van der Waals surface area contributed by atoms with Crippen LogP contribution in [0.1, 0.15) is 47.7 Å². The topological polar surface area (TPSA) is 85.3 Å². The van der Waals surface area contributed by atoms with Gasteiger partial charge in [-0.1, -0.05) is 66.7 Å². The second-order valence-corrected chi connectivity index (χ2v) is 11.1. The largest absolute Gasteiger partial charge is 0.507 e. The average molecular weight is 590 g/mol. The average Bonchev–Trinajstić information content (AvgIpc) is 3.54. The van der Waals surface area contributed by atoms with Gasteiger partial charge in [-0.25, -0.2) is 0 Å². The molecule has 0 bridgehead atoms. The highest BCUT2D eigenvalue weighted by Gasteiger charge is 2.46. The molecular formula is C37H35NO6. The molecule has 7 heteroatoms. The van der Waals surface area contributed by atoms with E-state index in [1.165, 1.54) is 0 Å². The van der Waals surface area contributed by atoms with Crippen LogP contribution in [0.5, 0.6) is 17.2 Å². The maximum absolute atomic E-state index is 13.7. The van der Waals surface area contributed by atoms with Crippen molar-refractivity contribution in [1.29, 1.82) is 0 Å². The lowest BCUT2D eigenvalue weighted by Crippen LogP contribution is -2.31. The minimum atomic E-state index is -0.815. The van der Waals surface area contributed by atoms with Crippen molar-refractivity contribution >= 4 is 17.4 Å². The van der Waals surface area contributed by atoms with Gasteiger partial charge in [0.1, 0.15) is 24.2 Å².